The predicted octanol–water partition coefficient (Wildman–Crippen LogP) is 2.66. The van der Waals surface area contributed by atoms with Crippen molar-refractivity contribution in [3.8, 4) is 0 Å². The van der Waals surface area contributed by atoms with Crippen molar-refractivity contribution >= 4 is 36.0 Å². The first-order chi connectivity index (χ1) is 13.3. The number of nitrogens with one attached hydrogen (secondary N) is 2. The normalized spacial score (nSPS) is 15.5. The fraction of sp³-hybridized carbons (Fsp3) is 0.600. The van der Waals surface area contributed by atoms with E-state index in [0.717, 1.165) is 31.7 Å². The number of carbonyl (C=O) groups excluding carboxylic acids is 1. The smallest absolute Gasteiger partial charge is 0.410 e. The van der Waals surface area contributed by atoms with Gasteiger partial charge in [-0.25, -0.2) is 9.18 Å². The Balaban J connectivity index is 0.00000420. The summed E-state index contributed by atoms with van der Waals surface area (Å²) in [6.07, 6.45) is -0.240. The highest BCUT2D eigenvalue weighted by Gasteiger charge is 2.25. The number of halogens is 2. The van der Waals surface area contributed by atoms with Crippen LogP contribution in [0.2, 0.25) is 0 Å². The number of piperazine rings is 1. The van der Waals surface area contributed by atoms with Crippen LogP contribution in [-0.4, -0.2) is 73.8 Å². The van der Waals surface area contributed by atoms with Crippen LogP contribution in [0.1, 0.15) is 26.3 Å². The van der Waals surface area contributed by atoms with E-state index in [0.29, 0.717) is 25.6 Å². The molecule has 1 aliphatic rings. The van der Waals surface area contributed by atoms with Crippen molar-refractivity contribution in [2.24, 2.45) is 4.99 Å². The average Bonchev–Trinajstić information content (AvgIpc) is 2.65. The number of rotatable bonds is 5. The Morgan fingerprint density at radius 2 is 1.76 bits per heavy atom. The van der Waals surface area contributed by atoms with Gasteiger partial charge in [-0.3, -0.25) is 9.89 Å². The monoisotopic (exact) mass is 521 g/mol. The summed E-state index contributed by atoms with van der Waals surface area (Å²) in [5, 5.41) is 6.50. The minimum atomic E-state index is -0.463. The van der Waals surface area contributed by atoms with Crippen molar-refractivity contribution in [2.45, 2.75) is 32.9 Å². The van der Waals surface area contributed by atoms with Crippen LogP contribution in [0, 0.1) is 5.82 Å². The van der Waals surface area contributed by atoms with Crippen LogP contribution in [0.3, 0.4) is 0 Å². The minimum Gasteiger partial charge on any atom is -0.444 e. The third-order valence-corrected chi connectivity index (χ3v) is 4.34. The van der Waals surface area contributed by atoms with Gasteiger partial charge in [0.25, 0.3) is 0 Å². The number of amides is 1. The van der Waals surface area contributed by atoms with Crippen LogP contribution < -0.4 is 10.6 Å². The second kappa shape index (κ2) is 12.2. The molecule has 0 spiro atoms. The molecule has 0 aromatic heterocycles. The van der Waals surface area contributed by atoms with Gasteiger partial charge in [0, 0.05) is 52.9 Å². The zero-order valence-electron chi connectivity index (χ0n) is 17.7. The van der Waals surface area contributed by atoms with Crippen molar-refractivity contribution in [3.05, 3.63) is 35.6 Å². The van der Waals surface area contributed by atoms with Crippen LogP contribution in [0.5, 0.6) is 0 Å². The van der Waals surface area contributed by atoms with E-state index in [1.807, 2.05) is 20.8 Å². The molecule has 1 heterocycles. The van der Waals surface area contributed by atoms with E-state index in [-0.39, 0.29) is 35.9 Å². The van der Waals surface area contributed by atoms with Gasteiger partial charge >= 0.3 is 6.09 Å². The molecule has 2 N–H and O–H groups in total. The predicted molar refractivity (Wildman–Crippen MR) is 124 cm³/mol. The van der Waals surface area contributed by atoms with E-state index in [9.17, 15) is 9.18 Å². The highest BCUT2D eigenvalue weighted by Crippen LogP contribution is 2.11. The van der Waals surface area contributed by atoms with Crippen molar-refractivity contribution in [1.29, 1.82) is 0 Å². The third-order valence-electron chi connectivity index (χ3n) is 4.34. The van der Waals surface area contributed by atoms with Crippen LogP contribution in [0.4, 0.5) is 9.18 Å². The van der Waals surface area contributed by atoms with Crippen molar-refractivity contribution in [3.63, 3.8) is 0 Å². The Bertz CT molecular complexity index is 656. The molecule has 1 aromatic carbocycles. The SMILES string of the molecule is CN=C(NCCN1CCN(C(=O)OC(C)(C)C)CC1)NCc1ccc(F)cc1.I. The summed E-state index contributed by atoms with van der Waals surface area (Å²) in [4.78, 5) is 20.4. The molecule has 1 saturated heterocycles. The summed E-state index contributed by atoms with van der Waals surface area (Å²) in [5.41, 5.74) is 0.525. The summed E-state index contributed by atoms with van der Waals surface area (Å²) < 4.78 is 18.4. The molecule has 29 heavy (non-hydrogen) atoms. The molecule has 2 rings (SSSR count). The molecule has 164 valence electrons. The Hall–Kier alpha value is -1.62. The number of benzene rings is 1. The number of guanidine groups is 1. The number of hydrogen-bond acceptors (Lipinski definition) is 4. The maximum absolute atomic E-state index is 12.9. The Morgan fingerprint density at radius 3 is 2.31 bits per heavy atom. The molecule has 0 atom stereocenters. The van der Waals surface area contributed by atoms with Gasteiger partial charge < -0.3 is 20.3 Å². The molecule has 9 heteroatoms. The van der Waals surface area contributed by atoms with Crippen molar-refractivity contribution < 1.29 is 13.9 Å². The minimum absolute atomic E-state index is 0. The van der Waals surface area contributed by atoms with E-state index in [2.05, 4.69) is 20.5 Å². The summed E-state index contributed by atoms with van der Waals surface area (Å²) in [6, 6.07) is 6.40. The van der Waals surface area contributed by atoms with Gasteiger partial charge in [0.15, 0.2) is 5.96 Å². The molecule has 1 aromatic rings. The van der Waals surface area contributed by atoms with Crippen LogP contribution in [-0.2, 0) is 11.3 Å². The summed E-state index contributed by atoms with van der Waals surface area (Å²) in [5.74, 6) is 0.467. The zero-order chi connectivity index (χ0) is 20.6. The van der Waals surface area contributed by atoms with E-state index in [1.54, 1.807) is 24.1 Å². The molecule has 0 aliphatic carbocycles. The lowest BCUT2D eigenvalue weighted by molar-refractivity contribution is 0.0147. The van der Waals surface area contributed by atoms with Gasteiger partial charge in [-0.15, -0.1) is 24.0 Å². The molecule has 7 nitrogen and oxygen atoms in total. The van der Waals surface area contributed by atoms with E-state index >= 15 is 0 Å². The Labute approximate surface area is 190 Å². The number of carbonyl (C=O) groups is 1. The molecular weight excluding hydrogens is 488 g/mol. The Morgan fingerprint density at radius 1 is 1.14 bits per heavy atom. The highest BCUT2D eigenvalue weighted by atomic mass is 127. The van der Waals surface area contributed by atoms with Gasteiger partial charge in [-0.05, 0) is 38.5 Å². The fourth-order valence-corrected chi connectivity index (χ4v) is 2.82. The molecule has 0 bridgehead atoms. The van der Waals surface area contributed by atoms with Crippen molar-refractivity contribution in [1.82, 2.24) is 20.4 Å². The summed E-state index contributed by atoms with van der Waals surface area (Å²) in [6.45, 7) is 10.8. The maximum atomic E-state index is 12.9. The first kappa shape index (κ1) is 25.4. The van der Waals surface area contributed by atoms with Gasteiger partial charge in [-0.2, -0.15) is 0 Å². The lowest BCUT2D eigenvalue weighted by Crippen LogP contribution is -2.51. The van der Waals surface area contributed by atoms with E-state index < -0.39 is 5.60 Å². The number of hydrogen-bond donors (Lipinski definition) is 2. The largest absolute Gasteiger partial charge is 0.444 e. The van der Waals surface area contributed by atoms with Gasteiger partial charge in [0.05, 0.1) is 0 Å². The molecular formula is C20H33FIN5O2. The highest BCUT2D eigenvalue weighted by molar-refractivity contribution is 14.0. The molecule has 1 amide bonds. The second-order valence-electron chi connectivity index (χ2n) is 7.79. The van der Waals surface area contributed by atoms with Crippen LogP contribution >= 0.6 is 24.0 Å². The average molecular weight is 521 g/mol. The quantitative estimate of drug-likeness (QED) is 0.355. The molecule has 1 aliphatic heterocycles. The topological polar surface area (TPSA) is 69.2 Å². The van der Waals surface area contributed by atoms with E-state index in [4.69, 9.17) is 4.74 Å². The Kier molecular flexibility index (Phi) is 10.7. The lowest BCUT2D eigenvalue weighted by Gasteiger charge is -2.35. The zero-order valence-corrected chi connectivity index (χ0v) is 20.0. The maximum Gasteiger partial charge on any atom is 0.410 e. The fourth-order valence-electron chi connectivity index (χ4n) is 2.82. The summed E-state index contributed by atoms with van der Waals surface area (Å²) in [7, 11) is 1.72. The molecule has 0 saturated carbocycles. The van der Waals surface area contributed by atoms with Gasteiger partial charge in [0.2, 0.25) is 0 Å². The number of ether oxygens (including phenoxy) is 1. The number of aliphatic imine (C=N–C) groups is 1. The van der Waals surface area contributed by atoms with Crippen molar-refractivity contribution in [2.75, 3.05) is 46.3 Å². The lowest BCUT2D eigenvalue weighted by atomic mass is 10.2. The standard InChI is InChI=1S/C20H32FN5O2.HI/c1-20(2,3)28-19(27)26-13-11-25(12-14-26)10-9-23-18(22-4)24-15-16-5-7-17(21)8-6-16;/h5-8H,9-15H2,1-4H3,(H2,22,23,24);1H. The van der Waals surface area contributed by atoms with Crippen LogP contribution in [0.15, 0.2) is 29.3 Å². The molecule has 0 radical (unpaired) electrons. The van der Waals surface area contributed by atoms with Gasteiger partial charge in [0.1, 0.15) is 11.4 Å². The first-order valence-electron chi connectivity index (χ1n) is 9.66. The van der Waals surface area contributed by atoms with Crippen LogP contribution in [0.25, 0.3) is 0 Å². The summed E-state index contributed by atoms with van der Waals surface area (Å²) >= 11 is 0. The van der Waals surface area contributed by atoms with Gasteiger partial charge in [-0.1, -0.05) is 12.1 Å². The molecule has 1 fully saturated rings. The molecule has 0 unspecified atom stereocenters. The van der Waals surface area contributed by atoms with E-state index in [1.165, 1.54) is 12.1 Å². The third kappa shape index (κ3) is 9.62. The first-order valence-corrected chi connectivity index (χ1v) is 9.66. The number of nitrogens with zero attached hydrogens (tertiary/aromatic N) is 3. The second-order valence-corrected chi connectivity index (χ2v) is 7.79.